The zero-order valence-electron chi connectivity index (χ0n) is 21.0. The molecule has 0 unspecified atom stereocenters. The third kappa shape index (κ3) is 4.92. The number of hydrogen-bond donors (Lipinski definition) is 2. The summed E-state index contributed by atoms with van der Waals surface area (Å²) >= 11 is 0. The van der Waals surface area contributed by atoms with Gasteiger partial charge in [-0.2, -0.15) is 0 Å². The van der Waals surface area contributed by atoms with E-state index in [2.05, 4.69) is 5.32 Å². The van der Waals surface area contributed by atoms with Crippen LogP contribution in [-0.2, 0) is 12.1 Å². The monoisotopic (exact) mass is 479 g/mol. The van der Waals surface area contributed by atoms with E-state index >= 15 is 0 Å². The van der Waals surface area contributed by atoms with Crippen LogP contribution in [0.3, 0.4) is 0 Å². The summed E-state index contributed by atoms with van der Waals surface area (Å²) in [5, 5.41) is 14.5. The van der Waals surface area contributed by atoms with Crippen molar-refractivity contribution in [3.63, 3.8) is 0 Å². The van der Waals surface area contributed by atoms with Crippen LogP contribution < -0.4 is 10.7 Å². The minimum atomic E-state index is -0.996. The highest BCUT2D eigenvalue weighted by Crippen LogP contribution is 2.47. The van der Waals surface area contributed by atoms with Gasteiger partial charge in [-0.25, -0.2) is 0 Å². The van der Waals surface area contributed by atoms with Crippen molar-refractivity contribution in [1.29, 1.82) is 0 Å². The second kappa shape index (κ2) is 10.4. The molecule has 2 amide bonds. The minimum absolute atomic E-state index is 0.00339. The summed E-state index contributed by atoms with van der Waals surface area (Å²) in [6.45, 7) is 7.24. The molecule has 188 valence electrons. The predicted molar refractivity (Wildman–Crippen MR) is 135 cm³/mol. The van der Waals surface area contributed by atoms with Crippen molar-refractivity contribution in [3.05, 3.63) is 69.6 Å². The van der Waals surface area contributed by atoms with Gasteiger partial charge in [-0.3, -0.25) is 14.4 Å². The molecule has 2 heterocycles. The smallest absolute Gasteiger partial charge is 0.259 e. The van der Waals surface area contributed by atoms with Crippen molar-refractivity contribution in [2.24, 2.45) is 11.8 Å². The lowest BCUT2D eigenvalue weighted by Gasteiger charge is -2.52. The van der Waals surface area contributed by atoms with Crippen molar-refractivity contribution in [1.82, 2.24) is 14.8 Å². The highest BCUT2D eigenvalue weighted by molar-refractivity contribution is 5.99. The number of hydrogen-bond acceptors (Lipinski definition) is 4. The first-order chi connectivity index (χ1) is 16.8. The number of benzene rings is 1. The molecule has 35 heavy (non-hydrogen) atoms. The van der Waals surface area contributed by atoms with Crippen LogP contribution in [0.1, 0.15) is 79.2 Å². The Morgan fingerprint density at radius 2 is 1.80 bits per heavy atom. The molecule has 4 rings (SSSR count). The summed E-state index contributed by atoms with van der Waals surface area (Å²) in [5.41, 5.74) is -0.608. The van der Waals surface area contributed by atoms with Crippen LogP contribution >= 0.6 is 0 Å². The van der Waals surface area contributed by atoms with E-state index in [1.807, 2.05) is 44.2 Å². The Labute approximate surface area is 207 Å². The van der Waals surface area contributed by atoms with E-state index in [1.165, 1.54) is 0 Å². The number of aliphatic hydroxyl groups is 1. The van der Waals surface area contributed by atoms with Crippen molar-refractivity contribution in [3.8, 4) is 0 Å². The lowest BCUT2D eigenvalue weighted by molar-refractivity contribution is -0.110. The fourth-order valence-corrected chi connectivity index (χ4v) is 5.90. The molecule has 0 spiro atoms. The van der Waals surface area contributed by atoms with Crippen LogP contribution in [0.2, 0.25) is 0 Å². The van der Waals surface area contributed by atoms with Crippen LogP contribution in [0.5, 0.6) is 0 Å². The summed E-state index contributed by atoms with van der Waals surface area (Å²) in [6, 6.07) is 9.58. The van der Waals surface area contributed by atoms with Gasteiger partial charge in [0.1, 0.15) is 11.1 Å². The standard InChI is InChI=1S/C28H37N3O4/c1-4-29-26(33)21-17-30(16-19(2)3)18-22(25(21)32)27(34)31-15-14-28(35,20-10-6-5-7-11-20)23-12-8-9-13-24(23)31/h5-7,10-11,17-19,23-24,35H,4,8-9,12-16H2,1-3H3,(H,29,33)/t23-,24-,28+/m0/s1. The molecule has 2 aliphatic rings. The lowest BCUT2D eigenvalue weighted by atomic mass is 9.66. The largest absolute Gasteiger partial charge is 0.385 e. The van der Waals surface area contributed by atoms with E-state index in [0.29, 0.717) is 26.1 Å². The average Bonchev–Trinajstić information content (AvgIpc) is 2.85. The van der Waals surface area contributed by atoms with E-state index in [-0.39, 0.29) is 34.9 Å². The Bertz CT molecular complexity index is 1130. The van der Waals surface area contributed by atoms with Gasteiger partial charge in [0, 0.05) is 44.0 Å². The molecule has 1 saturated carbocycles. The van der Waals surface area contributed by atoms with Crippen molar-refractivity contribution >= 4 is 11.8 Å². The Kier molecular flexibility index (Phi) is 7.45. The highest BCUT2D eigenvalue weighted by Gasteiger charge is 2.50. The number of aromatic nitrogens is 1. The fourth-order valence-electron chi connectivity index (χ4n) is 5.90. The maximum absolute atomic E-state index is 13.9. The fraction of sp³-hybridized carbons (Fsp3) is 0.536. The van der Waals surface area contributed by atoms with Crippen LogP contribution in [-0.4, -0.2) is 45.5 Å². The number of piperidine rings is 1. The van der Waals surface area contributed by atoms with Crippen molar-refractivity contribution in [2.45, 2.75) is 71.1 Å². The van der Waals surface area contributed by atoms with Gasteiger partial charge in [-0.15, -0.1) is 0 Å². The van der Waals surface area contributed by atoms with Gasteiger partial charge in [0.2, 0.25) is 5.43 Å². The molecule has 7 heteroatoms. The zero-order chi connectivity index (χ0) is 25.2. The van der Waals surface area contributed by atoms with E-state index in [1.54, 1.807) is 28.8 Å². The molecule has 2 N–H and O–H groups in total. The van der Waals surface area contributed by atoms with Gasteiger partial charge in [-0.1, -0.05) is 57.0 Å². The molecular formula is C28H37N3O4. The second-order valence-corrected chi connectivity index (χ2v) is 10.4. The van der Waals surface area contributed by atoms with Gasteiger partial charge in [0.05, 0.1) is 5.60 Å². The van der Waals surface area contributed by atoms with Gasteiger partial charge in [-0.05, 0) is 37.7 Å². The molecule has 3 atom stereocenters. The molecule has 1 aromatic heterocycles. The van der Waals surface area contributed by atoms with Gasteiger partial charge < -0.3 is 19.9 Å². The number of likely N-dealkylation sites (tertiary alicyclic amines) is 1. The summed E-state index contributed by atoms with van der Waals surface area (Å²) < 4.78 is 1.78. The van der Waals surface area contributed by atoms with Crippen LogP contribution in [0.4, 0.5) is 0 Å². The molecule has 0 bridgehead atoms. The summed E-state index contributed by atoms with van der Waals surface area (Å²) in [6.07, 6.45) is 7.18. The van der Waals surface area contributed by atoms with Crippen LogP contribution in [0.15, 0.2) is 47.5 Å². The molecule has 2 fully saturated rings. The van der Waals surface area contributed by atoms with Gasteiger partial charge in [0.15, 0.2) is 0 Å². The highest BCUT2D eigenvalue weighted by atomic mass is 16.3. The van der Waals surface area contributed by atoms with Crippen molar-refractivity contribution < 1.29 is 14.7 Å². The molecule has 1 aliphatic heterocycles. The Morgan fingerprint density at radius 1 is 1.11 bits per heavy atom. The number of nitrogens with one attached hydrogen (secondary N) is 1. The molecule has 1 saturated heterocycles. The quantitative estimate of drug-likeness (QED) is 0.663. The van der Waals surface area contributed by atoms with Crippen LogP contribution in [0, 0.1) is 11.8 Å². The maximum atomic E-state index is 13.9. The molecular weight excluding hydrogens is 442 g/mol. The lowest BCUT2D eigenvalue weighted by Crippen LogP contribution is -2.59. The first-order valence-electron chi connectivity index (χ1n) is 12.9. The molecule has 0 radical (unpaired) electrons. The predicted octanol–water partition coefficient (Wildman–Crippen LogP) is 3.55. The van der Waals surface area contributed by atoms with E-state index in [9.17, 15) is 19.5 Å². The molecule has 1 aliphatic carbocycles. The third-order valence-electron chi connectivity index (χ3n) is 7.48. The third-order valence-corrected chi connectivity index (χ3v) is 7.48. The summed E-state index contributed by atoms with van der Waals surface area (Å²) in [4.78, 5) is 41.7. The number of amides is 2. The number of carbonyl (C=O) groups is 2. The minimum Gasteiger partial charge on any atom is -0.385 e. The average molecular weight is 480 g/mol. The van der Waals surface area contributed by atoms with E-state index < -0.39 is 16.9 Å². The Balaban J connectivity index is 1.71. The molecule has 1 aromatic carbocycles. The maximum Gasteiger partial charge on any atom is 0.259 e. The normalized spacial score (nSPS) is 24.2. The number of nitrogens with zero attached hydrogens (tertiary/aromatic N) is 2. The number of rotatable bonds is 6. The molecule has 2 aromatic rings. The first-order valence-corrected chi connectivity index (χ1v) is 12.9. The summed E-state index contributed by atoms with van der Waals surface area (Å²) in [5.74, 6) is -0.620. The van der Waals surface area contributed by atoms with Gasteiger partial charge >= 0.3 is 0 Å². The summed E-state index contributed by atoms with van der Waals surface area (Å²) in [7, 11) is 0. The second-order valence-electron chi connectivity index (χ2n) is 10.4. The van der Waals surface area contributed by atoms with Crippen molar-refractivity contribution in [2.75, 3.05) is 13.1 Å². The Hall–Kier alpha value is -2.93. The first kappa shape index (κ1) is 25.2. The van der Waals surface area contributed by atoms with E-state index in [4.69, 9.17) is 0 Å². The number of pyridine rings is 1. The topological polar surface area (TPSA) is 91.6 Å². The van der Waals surface area contributed by atoms with E-state index in [0.717, 1.165) is 31.2 Å². The number of fused-ring (bicyclic) bond motifs is 1. The Morgan fingerprint density at radius 3 is 2.49 bits per heavy atom. The molecule has 7 nitrogen and oxygen atoms in total. The SMILES string of the molecule is CCNC(=O)c1cn(CC(C)C)cc(C(=O)N2CC[C@@](O)(c3ccccc3)[C@H]3CCCC[C@@H]32)c1=O. The van der Waals surface area contributed by atoms with Gasteiger partial charge in [0.25, 0.3) is 11.8 Å². The zero-order valence-corrected chi connectivity index (χ0v) is 21.0. The number of carbonyl (C=O) groups excluding carboxylic acids is 2. The van der Waals surface area contributed by atoms with Crippen LogP contribution in [0.25, 0.3) is 0 Å².